The summed E-state index contributed by atoms with van der Waals surface area (Å²) in [5.74, 6) is 0.734. The van der Waals surface area contributed by atoms with Gasteiger partial charge in [0.05, 0.1) is 23.7 Å². The van der Waals surface area contributed by atoms with Crippen LogP contribution in [0.1, 0.15) is 11.1 Å². The lowest BCUT2D eigenvalue weighted by Crippen LogP contribution is -2.17. The van der Waals surface area contributed by atoms with Gasteiger partial charge in [0.2, 0.25) is 0 Å². The molecule has 0 saturated heterocycles. The molecule has 2 N–H and O–H groups in total. The Balaban J connectivity index is 1.78. The summed E-state index contributed by atoms with van der Waals surface area (Å²) < 4.78 is 33.9. The molecule has 4 aromatic rings. The number of pyridine rings is 1. The van der Waals surface area contributed by atoms with Gasteiger partial charge in [0.1, 0.15) is 5.75 Å². The Morgan fingerprint density at radius 2 is 1.93 bits per heavy atom. The number of aromatic nitrogens is 2. The molecule has 0 aliphatic heterocycles. The largest absolute Gasteiger partial charge is 0.497 e. The maximum Gasteiger partial charge on any atom is 0.371 e. The van der Waals surface area contributed by atoms with E-state index in [4.69, 9.17) is 4.74 Å². The molecule has 0 spiro atoms. The van der Waals surface area contributed by atoms with Crippen LogP contribution in [0.2, 0.25) is 0 Å². The normalized spacial score (nSPS) is 14.0. The molecule has 0 aliphatic rings. The number of benzene rings is 2. The van der Waals surface area contributed by atoms with Crippen molar-refractivity contribution in [1.29, 1.82) is 0 Å². The summed E-state index contributed by atoms with van der Waals surface area (Å²) in [4.78, 5) is 23.3. The van der Waals surface area contributed by atoms with Crippen LogP contribution in [0.5, 0.6) is 5.75 Å². The average Bonchev–Trinajstić information content (AvgIpc) is 3.06. The standard InChI is InChI=1S/C22H20FN2O4P/c1-3-22(23,30(26,27)28)16-8-6-15(7-9-16)14-25-19-11-10-17(29-2)13-18(19)21-20(25)5-4-12-24-21/h3-13H,1,14H2,2H3,(H2,26,27,28). The van der Waals surface area contributed by atoms with E-state index in [-0.39, 0.29) is 5.56 Å². The van der Waals surface area contributed by atoms with Crippen LogP contribution in [-0.2, 0) is 16.5 Å². The Labute approximate surface area is 172 Å². The molecule has 0 fully saturated rings. The third-order valence-electron chi connectivity index (χ3n) is 5.22. The van der Waals surface area contributed by atoms with E-state index in [1.54, 1.807) is 25.4 Å². The molecule has 0 saturated carbocycles. The maximum atomic E-state index is 14.9. The highest BCUT2D eigenvalue weighted by Gasteiger charge is 2.46. The van der Waals surface area contributed by atoms with Crippen molar-refractivity contribution in [1.82, 2.24) is 9.55 Å². The molecule has 154 valence electrons. The van der Waals surface area contributed by atoms with Gasteiger partial charge in [-0.05, 0) is 42.0 Å². The monoisotopic (exact) mass is 426 g/mol. The van der Waals surface area contributed by atoms with E-state index in [2.05, 4.69) is 16.1 Å². The summed E-state index contributed by atoms with van der Waals surface area (Å²) >= 11 is 0. The second kappa shape index (κ2) is 7.36. The Kier molecular flexibility index (Phi) is 4.98. The number of halogens is 1. The SMILES string of the molecule is C=CC(F)(c1ccc(Cn2c3ccc(OC)cc3c3ncccc32)cc1)P(=O)(O)O. The van der Waals surface area contributed by atoms with Gasteiger partial charge in [-0.1, -0.05) is 30.8 Å². The first-order valence-electron chi connectivity index (χ1n) is 9.17. The van der Waals surface area contributed by atoms with Crippen molar-refractivity contribution in [3.63, 3.8) is 0 Å². The van der Waals surface area contributed by atoms with Gasteiger partial charge in [-0.15, -0.1) is 0 Å². The maximum absolute atomic E-state index is 14.9. The van der Waals surface area contributed by atoms with Crippen molar-refractivity contribution < 1.29 is 23.5 Å². The third kappa shape index (κ3) is 3.21. The highest BCUT2D eigenvalue weighted by molar-refractivity contribution is 7.53. The first-order valence-corrected chi connectivity index (χ1v) is 10.8. The number of rotatable bonds is 6. The van der Waals surface area contributed by atoms with Crippen LogP contribution in [-0.4, -0.2) is 26.4 Å². The number of hydrogen-bond acceptors (Lipinski definition) is 3. The molecule has 30 heavy (non-hydrogen) atoms. The number of ether oxygens (including phenoxy) is 1. The fourth-order valence-corrected chi connectivity index (χ4v) is 4.34. The van der Waals surface area contributed by atoms with Gasteiger partial charge >= 0.3 is 7.60 Å². The summed E-state index contributed by atoms with van der Waals surface area (Å²) in [5, 5.41) is -1.96. The van der Waals surface area contributed by atoms with Gasteiger partial charge in [-0.25, -0.2) is 4.39 Å². The number of fused-ring (bicyclic) bond motifs is 3. The summed E-state index contributed by atoms with van der Waals surface area (Å²) in [5.41, 5.74) is 3.46. The lowest BCUT2D eigenvalue weighted by Gasteiger charge is -2.23. The molecular formula is C22H20FN2O4P. The predicted octanol–water partition coefficient (Wildman–Crippen LogP) is 4.73. The fraction of sp³-hybridized carbons (Fsp3) is 0.136. The average molecular weight is 426 g/mol. The van der Waals surface area contributed by atoms with Crippen LogP contribution in [0.25, 0.3) is 21.9 Å². The van der Waals surface area contributed by atoms with Crippen molar-refractivity contribution in [3.05, 3.63) is 84.6 Å². The van der Waals surface area contributed by atoms with Gasteiger partial charge in [-0.2, -0.15) is 0 Å². The number of allylic oxidation sites excluding steroid dienone is 1. The second-order valence-corrected chi connectivity index (χ2v) is 8.70. The minimum Gasteiger partial charge on any atom is -0.497 e. The molecule has 0 amide bonds. The van der Waals surface area contributed by atoms with E-state index >= 15 is 0 Å². The number of methoxy groups -OCH3 is 1. The van der Waals surface area contributed by atoms with Crippen LogP contribution in [0.15, 0.2) is 73.4 Å². The van der Waals surface area contributed by atoms with E-state index < -0.39 is 13.0 Å². The molecule has 2 aromatic heterocycles. The van der Waals surface area contributed by atoms with E-state index in [1.165, 1.54) is 12.1 Å². The van der Waals surface area contributed by atoms with Crippen LogP contribution in [0, 0.1) is 0 Å². The molecule has 1 atom stereocenters. The lowest BCUT2D eigenvalue weighted by atomic mass is 10.1. The topological polar surface area (TPSA) is 84.6 Å². The van der Waals surface area contributed by atoms with Crippen molar-refractivity contribution in [2.45, 2.75) is 12.0 Å². The van der Waals surface area contributed by atoms with Crippen molar-refractivity contribution in [2.75, 3.05) is 7.11 Å². The molecule has 0 radical (unpaired) electrons. The van der Waals surface area contributed by atoms with E-state index in [9.17, 15) is 18.7 Å². The van der Waals surface area contributed by atoms with Gasteiger partial charge < -0.3 is 19.1 Å². The molecule has 4 rings (SSSR count). The molecule has 1 unspecified atom stereocenters. The van der Waals surface area contributed by atoms with Crippen molar-refractivity contribution in [2.24, 2.45) is 0 Å². The van der Waals surface area contributed by atoms with Crippen LogP contribution >= 0.6 is 7.60 Å². The van der Waals surface area contributed by atoms with Gasteiger partial charge in [0.15, 0.2) is 0 Å². The molecule has 8 heteroatoms. The van der Waals surface area contributed by atoms with E-state index in [0.717, 1.165) is 33.2 Å². The smallest absolute Gasteiger partial charge is 0.371 e. The zero-order chi connectivity index (χ0) is 21.5. The van der Waals surface area contributed by atoms with Crippen molar-refractivity contribution >= 4 is 29.5 Å². The second-order valence-electron chi connectivity index (χ2n) is 6.96. The predicted molar refractivity (Wildman–Crippen MR) is 114 cm³/mol. The van der Waals surface area contributed by atoms with Gasteiger partial charge in [-0.3, -0.25) is 9.55 Å². The molecule has 0 bridgehead atoms. The molecular weight excluding hydrogens is 406 g/mol. The first-order chi connectivity index (χ1) is 14.3. The molecule has 2 aromatic carbocycles. The number of hydrogen-bond donors (Lipinski definition) is 2. The zero-order valence-corrected chi connectivity index (χ0v) is 17.1. The number of alkyl halides is 1. The van der Waals surface area contributed by atoms with Crippen LogP contribution in [0.4, 0.5) is 4.39 Å². The molecule has 0 aliphatic carbocycles. The summed E-state index contributed by atoms with van der Waals surface area (Å²) in [6.07, 6.45) is 2.38. The van der Waals surface area contributed by atoms with Gasteiger partial charge in [0, 0.05) is 23.7 Å². The summed E-state index contributed by atoms with van der Waals surface area (Å²) in [6.45, 7) is 3.73. The highest BCUT2D eigenvalue weighted by Crippen LogP contribution is 2.58. The minimum absolute atomic E-state index is 0.136. The van der Waals surface area contributed by atoms with E-state index in [0.29, 0.717) is 12.6 Å². The fourth-order valence-electron chi connectivity index (χ4n) is 3.62. The Bertz CT molecular complexity index is 1300. The van der Waals surface area contributed by atoms with Crippen LogP contribution < -0.4 is 4.74 Å². The Morgan fingerprint density at radius 1 is 1.20 bits per heavy atom. The molecule has 2 heterocycles. The summed E-state index contributed by atoms with van der Waals surface area (Å²) in [6, 6.07) is 15.7. The molecule has 6 nitrogen and oxygen atoms in total. The van der Waals surface area contributed by atoms with Crippen LogP contribution in [0.3, 0.4) is 0 Å². The minimum atomic E-state index is -5.06. The van der Waals surface area contributed by atoms with Gasteiger partial charge in [0.25, 0.3) is 5.41 Å². The Morgan fingerprint density at radius 3 is 2.57 bits per heavy atom. The van der Waals surface area contributed by atoms with Crippen molar-refractivity contribution in [3.8, 4) is 5.75 Å². The highest BCUT2D eigenvalue weighted by atomic mass is 31.2. The quantitative estimate of drug-likeness (QED) is 0.344. The van der Waals surface area contributed by atoms with E-state index in [1.807, 2.05) is 30.3 Å². The Hall–Kier alpha value is -2.99. The number of nitrogens with zero attached hydrogens (tertiary/aromatic N) is 2. The lowest BCUT2D eigenvalue weighted by molar-refractivity contribution is 0.249. The summed E-state index contributed by atoms with van der Waals surface area (Å²) in [7, 11) is -3.45. The zero-order valence-electron chi connectivity index (χ0n) is 16.2. The first kappa shape index (κ1) is 20.3. The third-order valence-corrected chi connectivity index (χ3v) is 6.51.